The van der Waals surface area contributed by atoms with E-state index in [4.69, 9.17) is 0 Å². The van der Waals surface area contributed by atoms with Crippen LogP contribution in [0.3, 0.4) is 0 Å². The van der Waals surface area contributed by atoms with E-state index in [-0.39, 0.29) is 0 Å². The smallest absolute Gasteiger partial charge is 0.114 e. The third-order valence-electron chi connectivity index (χ3n) is 2.22. The quantitative estimate of drug-likeness (QED) is 0.600. The Morgan fingerprint density at radius 1 is 1.50 bits per heavy atom. The highest BCUT2D eigenvalue weighted by Crippen LogP contribution is 2.31. The predicted molar refractivity (Wildman–Crippen MR) is 72.4 cm³/mol. The lowest BCUT2D eigenvalue weighted by molar-refractivity contribution is 0.914. The third kappa shape index (κ3) is 2.41. The zero-order chi connectivity index (χ0) is 11.4. The molecule has 3 nitrogen and oxygen atoms in total. The topological polar surface area (TPSA) is 30.7 Å². The third-order valence-corrected chi connectivity index (χ3v) is 4.92. The number of nitrogens with zero attached hydrogens (tertiary/aromatic N) is 3. The van der Waals surface area contributed by atoms with Crippen LogP contribution in [0.4, 0.5) is 0 Å². The Morgan fingerprint density at radius 3 is 3.06 bits per heavy atom. The van der Waals surface area contributed by atoms with Crippen molar-refractivity contribution in [2.45, 2.75) is 18.6 Å². The van der Waals surface area contributed by atoms with Gasteiger partial charge in [0.05, 0.1) is 0 Å². The van der Waals surface area contributed by atoms with Crippen LogP contribution in [0.2, 0.25) is 0 Å². The molecule has 1 aromatic carbocycles. The lowest BCUT2D eigenvalue weighted by atomic mass is 10.3. The van der Waals surface area contributed by atoms with Crippen molar-refractivity contribution in [1.29, 1.82) is 0 Å². The molecule has 84 valence electrons. The fourth-order valence-electron chi connectivity index (χ4n) is 1.27. The average molecular weight is 251 g/mol. The molecule has 0 saturated heterocycles. The minimum absolute atomic E-state index is 0.452. The van der Waals surface area contributed by atoms with Gasteiger partial charge in [0.15, 0.2) is 0 Å². The van der Waals surface area contributed by atoms with Crippen LogP contribution in [0.25, 0.3) is 11.0 Å². The van der Waals surface area contributed by atoms with Gasteiger partial charge in [-0.05, 0) is 18.6 Å². The lowest BCUT2D eigenvalue weighted by Crippen LogP contribution is -1.94. The fourth-order valence-corrected chi connectivity index (χ4v) is 3.53. The van der Waals surface area contributed by atoms with Crippen molar-refractivity contribution in [3.05, 3.63) is 36.9 Å². The van der Waals surface area contributed by atoms with E-state index in [9.17, 15) is 0 Å². The van der Waals surface area contributed by atoms with Gasteiger partial charge < -0.3 is 0 Å². The SMILES string of the molecule is C=CC(CC)SSn1nnc2ccccc21. The zero-order valence-electron chi connectivity index (χ0n) is 9.04. The lowest BCUT2D eigenvalue weighted by Gasteiger charge is -2.07. The molecule has 0 aliphatic rings. The average Bonchev–Trinajstić information content (AvgIpc) is 2.74. The Kier molecular flexibility index (Phi) is 3.90. The Balaban J connectivity index is 2.12. The van der Waals surface area contributed by atoms with Gasteiger partial charge in [-0.3, -0.25) is 0 Å². The molecule has 0 aliphatic carbocycles. The second-order valence-electron chi connectivity index (χ2n) is 3.30. The molecule has 5 heteroatoms. The van der Waals surface area contributed by atoms with Crippen molar-refractivity contribution in [3.63, 3.8) is 0 Å². The summed E-state index contributed by atoms with van der Waals surface area (Å²) < 4.78 is 1.85. The van der Waals surface area contributed by atoms with Crippen LogP contribution in [0.1, 0.15) is 13.3 Å². The van der Waals surface area contributed by atoms with E-state index in [2.05, 4.69) is 23.8 Å². The van der Waals surface area contributed by atoms with Gasteiger partial charge in [-0.1, -0.05) is 41.1 Å². The Bertz CT molecular complexity index is 481. The van der Waals surface area contributed by atoms with E-state index >= 15 is 0 Å². The highest BCUT2D eigenvalue weighted by Gasteiger charge is 2.07. The normalized spacial score (nSPS) is 12.8. The Hall–Kier alpha value is -0.940. The molecule has 0 aliphatic heterocycles. The van der Waals surface area contributed by atoms with Crippen LogP contribution >= 0.6 is 21.8 Å². The summed E-state index contributed by atoms with van der Waals surface area (Å²) >= 11 is 0. The molecule has 0 amide bonds. The summed E-state index contributed by atoms with van der Waals surface area (Å²) in [7, 11) is 3.36. The monoisotopic (exact) mass is 251 g/mol. The van der Waals surface area contributed by atoms with Gasteiger partial charge in [-0.25, -0.2) is 0 Å². The molecule has 1 atom stereocenters. The van der Waals surface area contributed by atoms with Crippen LogP contribution < -0.4 is 0 Å². The summed E-state index contributed by atoms with van der Waals surface area (Å²) in [4.78, 5) is 0. The van der Waals surface area contributed by atoms with Crippen molar-refractivity contribution in [2.24, 2.45) is 0 Å². The maximum atomic E-state index is 4.11. The van der Waals surface area contributed by atoms with Gasteiger partial charge in [-0.15, -0.1) is 11.7 Å². The van der Waals surface area contributed by atoms with Gasteiger partial charge in [0.2, 0.25) is 0 Å². The number of hydrogen-bond acceptors (Lipinski definition) is 4. The molecular weight excluding hydrogens is 238 g/mol. The molecule has 2 rings (SSSR count). The maximum absolute atomic E-state index is 4.11. The van der Waals surface area contributed by atoms with Crippen LogP contribution in [0.5, 0.6) is 0 Å². The molecular formula is C11H13N3S2. The van der Waals surface area contributed by atoms with Crippen molar-refractivity contribution in [2.75, 3.05) is 0 Å². The summed E-state index contributed by atoms with van der Waals surface area (Å²) in [5.74, 6) is 0. The number of rotatable bonds is 5. The zero-order valence-corrected chi connectivity index (χ0v) is 10.7. The maximum Gasteiger partial charge on any atom is 0.114 e. The number of aromatic nitrogens is 3. The summed E-state index contributed by atoms with van der Waals surface area (Å²) in [6.45, 7) is 5.97. The van der Waals surface area contributed by atoms with Crippen LogP contribution in [0.15, 0.2) is 36.9 Å². The van der Waals surface area contributed by atoms with Gasteiger partial charge in [0.25, 0.3) is 0 Å². The first kappa shape index (κ1) is 11.5. The van der Waals surface area contributed by atoms with E-state index in [1.54, 1.807) is 21.8 Å². The first-order valence-corrected chi connectivity index (χ1v) is 7.29. The van der Waals surface area contributed by atoms with Gasteiger partial charge in [0, 0.05) is 16.2 Å². The molecule has 0 spiro atoms. The molecule has 0 saturated carbocycles. The van der Waals surface area contributed by atoms with Crippen molar-refractivity contribution in [1.82, 2.24) is 14.4 Å². The van der Waals surface area contributed by atoms with Gasteiger partial charge in [0.1, 0.15) is 11.0 Å². The minimum atomic E-state index is 0.452. The molecule has 2 aromatic rings. The van der Waals surface area contributed by atoms with E-state index < -0.39 is 0 Å². The highest BCUT2D eigenvalue weighted by molar-refractivity contribution is 8.76. The fraction of sp³-hybridized carbons (Fsp3) is 0.273. The second-order valence-corrected chi connectivity index (χ2v) is 5.62. The highest BCUT2D eigenvalue weighted by atomic mass is 33.1. The molecule has 16 heavy (non-hydrogen) atoms. The number of fused-ring (bicyclic) bond motifs is 1. The van der Waals surface area contributed by atoms with Gasteiger partial charge in [-0.2, -0.15) is 4.09 Å². The minimum Gasteiger partial charge on any atom is -0.175 e. The second kappa shape index (κ2) is 5.41. The predicted octanol–water partition coefficient (Wildman–Crippen LogP) is 3.54. The van der Waals surface area contributed by atoms with Crippen molar-refractivity contribution in [3.8, 4) is 0 Å². The van der Waals surface area contributed by atoms with E-state index in [0.717, 1.165) is 17.5 Å². The first-order valence-electron chi connectivity index (χ1n) is 5.12. The van der Waals surface area contributed by atoms with E-state index in [1.807, 2.05) is 34.4 Å². The molecule has 1 heterocycles. The van der Waals surface area contributed by atoms with Crippen LogP contribution in [-0.2, 0) is 0 Å². The van der Waals surface area contributed by atoms with Crippen molar-refractivity contribution >= 4 is 32.8 Å². The molecule has 1 aromatic heterocycles. The van der Waals surface area contributed by atoms with E-state index in [1.165, 1.54) is 0 Å². The molecule has 0 radical (unpaired) electrons. The molecule has 0 fully saturated rings. The van der Waals surface area contributed by atoms with Crippen LogP contribution in [-0.4, -0.2) is 19.6 Å². The summed E-state index contributed by atoms with van der Waals surface area (Å²) in [6, 6.07) is 7.96. The molecule has 1 unspecified atom stereocenters. The standard InChI is InChI=1S/C11H13N3S2/c1-3-9(4-2)15-16-14-11-8-6-5-7-10(11)12-13-14/h3,5-9H,1,4H2,2H3. The van der Waals surface area contributed by atoms with E-state index in [0.29, 0.717) is 5.25 Å². The molecule has 0 bridgehead atoms. The number of hydrogen-bond donors (Lipinski definition) is 0. The van der Waals surface area contributed by atoms with Crippen LogP contribution in [0, 0.1) is 0 Å². The molecule has 0 N–H and O–H groups in total. The van der Waals surface area contributed by atoms with Gasteiger partial charge >= 0.3 is 0 Å². The summed E-state index contributed by atoms with van der Waals surface area (Å²) in [6.07, 6.45) is 3.05. The number of para-hydroxylation sites is 1. The number of benzene rings is 1. The van der Waals surface area contributed by atoms with Crippen molar-refractivity contribution < 1.29 is 0 Å². The largest absolute Gasteiger partial charge is 0.175 e. The Labute approximate surface area is 103 Å². The first-order chi connectivity index (χ1) is 7.85. The summed E-state index contributed by atoms with van der Waals surface area (Å²) in [5.41, 5.74) is 1.99. The Morgan fingerprint density at radius 2 is 2.31 bits per heavy atom. The summed E-state index contributed by atoms with van der Waals surface area (Å²) in [5, 5.41) is 8.66.